The number of aromatic nitrogens is 1. The van der Waals surface area contributed by atoms with Gasteiger partial charge < -0.3 is 0 Å². The maximum atomic E-state index is 11.8. The van der Waals surface area contributed by atoms with Gasteiger partial charge in [0.1, 0.15) is 5.01 Å². The number of thiazole rings is 1. The van der Waals surface area contributed by atoms with Crippen molar-refractivity contribution in [3.05, 3.63) is 52.0 Å². The summed E-state index contributed by atoms with van der Waals surface area (Å²) >= 11 is 1.50. The first-order chi connectivity index (χ1) is 9.05. The van der Waals surface area contributed by atoms with Gasteiger partial charge in [0.05, 0.1) is 12.3 Å². The smallest absolute Gasteiger partial charge is 0.212 e. The molecule has 102 valence electrons. The normalized spacial score (nSPS) is 11.6. The molecule has 1 aromatic carbocycles. The highest BCUT2D eigenvalue weighted by Crippen LogP contribution is 2.11. The number of nitrogens with zero attached hydrogens (tertiary/aromatic N) is 1. The highest BCUT2D eigenvalue weighted by molar-refractivity contribution is 7.89. The van der Waals surface area contributed by atoms with Crippen molar-refractivity contribution in [1.82, 2.24) is 9.71 Å². The Bertz CT molecular complexity index is 621. The second-order valence-corrected chi connectivity index (χ2v) is 7.49. The average molecular weight is 296 g/mol. The molecule has 0 fully saturated rings. The van der Waals surface area contributed by atoms with Crippen LogP contribution in [0.4, 0.5) is 0 Å². The van der Waals surface area contributed by atoms with Crippen molar-refractivity contribution in [3.63, 3.8) is 0 Å². The third-order valence-corrected chi connectivity index (χ3v) is 4.85. The van der Waals surface area contributed by atoms with Crippen molar-refractivity contribution in [2.24, 2.45) is 0 Å². The summed E-state index contributed by atoms with van der Waals surface area (Å²) in [5.74, 6) is 0.0986. The Morgan fingerprint density at radius 3 is 2.63 bits per heavy atom. The topological polar surface area (TPSA) is 59.1 Å². The van der Waals surface area contributed by atoms with Gasteiger partial charge in [0.25, 0.3) is 0 Å². The first-order valence-electron chi connectivity index (χ1n) is 5.98. The zero-order valence-corrected chi connectivity index (χ0v) is 12.3. The van der Waals surface area contributed by atoms with Crippen molar-refractivity contribution < 1.29 is 8.42 Å². The lowest BCUT2D eigenvalue weighted by Crippen LogP contribution is -2.26. The van der Waals surface area contributed by atoms with Crippen LogP contribution in [-0.2, 0) is 23.0 Å². The van der Waals surface area contributed by atoms with E-state index in [4.69, 9.17) is 0 Å². The van der Waals surface area contributed by atoms with Crippen molar-refractivity contribution in [1.29, 1.82) is 0 Å². The molecule has 1 N–H and O–H groups in total. The number of nitrogens with one attached hydrogen (secondary N) is 1. The summed E-state index contributed by atoms with van der Waals surface area (Å²) in [6, 6.07) is 9.60. The summed E-state index contributed by atoms with van der Waals surface area (Å²) in [7, 11) is -3.25. The van der Waals surface area contributed by atoms with Gasteiger partial charge in [-0.05, 0) is 18.9 Å². The molecule has 0 atom stereocenters. The molecule has 0 aliphatic rings. The molecule has 2 rings (SSSR count). The molecule has 0 amide bonds. The fourth-order valence-corrected chi connectivity index (χ4v) is 3.45. The molecule has 0 spiro atoms. The highest BCUT2D eigenvalue weighted by Gasteiger charge is 2.11. The molecular weight excluding hydrogens is 280 g/mol. The van der Waals surface area contributed by atoms with E-state index in [2.05, 4.69) is 9.71 Å². The van der Waals surface area contributed by atoms with Gasteiger partial charge in [0.2, 0.25) is 10.0 Å². The van der Waals surface area contributed by atoms with Gasteiger partial charge in [-0.1, -0.05) is 30.3 Å². The number of hydrogen-bond acceptors (Lipinski definition) is 4. The second kappa shape index (κ2) is 6.27. The van der Waals surface area contributed by atoms with Crippen molar-refractivity contribution in [3.8, 4) is 0 Å². The summed E-state index contributed by atoms with van der Waals surface area (Å²) in [6.07, 6.45) is 2.27. The van der Waals surface area contributed by atoms with Gasteiger partial charge in [-0.25, -0.2) is 18.1 Å². The minimum absolute atomic E-state index is 0.0986. The van der Waals surface area contributed by atoms with E-state index >= 15 is 0 Å². The lowest BCUT2D eigenvalue weighted by Gasteiger charge is -2.05. The van der Waals surface area contributed by atoms with Crippen molar-refractivity contribution >= 4 is 21.4 Å². The van der Waals surface area contributed by atoms with Crippen LogP contribution in [0.25, 0.3) is 0 Å². The van der Waals surface area contributed by atoms with E-state index in [1.54, 1.807) is 6.20 Å². The first kappa shape index (κ1) is 14.2. The maximum absolute atomic E-state index is 11.8. The average Bonchev–Trinajstić information content (AvgIpc) is 2.82. The van der Waals surface area contributed by atoms with Crippen molar-refractivity contribution in [2.75, 3.05) is 5.75 Å². The number of hydrogen-bond donors (Lipinski definition) is 1. The van der Waals surface area contributed by atoms with Gasteiger partial charge in [0, 0.05) is 11.1 Å². The van der Waals surface area contributed by atoms with Crippen LogP contribution in [0.2, 0.25) is 0 Å². The monoisotopic (exact) mass is 296 g/mol. The summed E-state index contributed by atoms with van der Waals surface area (Å²) in [5, 5.41) is 0.792. The quantitative estimate of drug-likeness (QED) is 0.888. The zero-order valence-electron chi connectivity index (χ0n) is 10.7. The lowest BCUT2D eigenvalue weighted by atomic mass is 10.2. The van der Waals surface area contributed by atoms with Crippen LogP contribution in [-0.4, -0.2) is 19.2 Å². The molecule has 2 aromatic rings. The Morgan fingerprint density at radius 2 is 2.00 bits per heavy atom. The Hall–Kier alpha value is -1.24. The van der Waals surface area contributed by atoms with Crippen LogP contribution < -0.4 is 4.72 Å². The summed E-state index contributed by atoms with van der Waals surface area (Å²) in [5.41, 5.74) is 1.03. The first-order valence-corrected chi connectivity index (χ1v) is 8.44. The molecule has 0 bridgehead atoms. The summed E-state index contributed by atoms with van der Waals surface area (Å²) in [6.45, 7) is 2.22. The van der Waals surface area contributed by atoms with Gasteiger partial charge in [-0.3, -0.25) is 0 Å². The third kappa shape index (κ3) is 4.74. The minimum Gasteiger partial charge on any atom is -0.248 e. The van der Waals surface area contributed by atoms with Crippen LogP contribution in [0.3, 0.4) is 0 Å². The standard InChI is InChI=1S/C13H16N2O2S2/c1-11-9-14-13(18-11)10-15-19(16,17)8-7-12-5-3-2-4-6-12/h2-6,9,15H,7-8,10H2,1H3. The van der Waals surface area contributed by atoms with E-state index in [-0.39, 0.29) is 12.3 Å². The molecule has 6 heteroatoms. The van der Waals surface area contributed by atoms with Crippen LogP contribution >= 0.6 is 11.3 Å². The predicted molar refractivity (Wildman–Crippen MR) is 77.6 cm³/mol. The summed E-state index contributed by atoms with van der Waals surface area (Å²) in [4.78, 5) is 5.21. The van der Waals surface area contributed by atoms with Crippen LogP contribution in [0.15, 0.2) is 36.5 Å². The molecule has 19 heavy (non-hydrogen) atoms. The number of sulfonamides is 1. The van der Waals surface area contributed by atoms with E-state index in [1.165, 1.54) is 11.3 Å². The van der Waals surface area contributed by atoms with Gasteiger partial charge >= 0.3 is 0 Å². The van der Waals surface area contributed by atoms with E-state index in [9.17, 15) is 8.42 Å². The molecule has 0 aliphatic heterocycles. The Morgan fingerprint density at radius 1 is 1.26 bits per heavy atom. The van der Waals surface area contributed by atoms with Gasteiger partial charge in [-0.15, -0.1) is 11.3 Å². The molecule has 0 saturated heterocycles. The number of benzene rings is 1. The highest BCUT2D eigenvalue weighted by atomic mass is 32.2. The fourth-order valence-electron chi connectivity index (χ4n) is 1.62. The number of aryl methyl sites for hydroxylation is 2. The molecular formula is C13H16N2O2S2. The lowest BCUT2D eigenvalue weighted by molar-refractivity contribution is 0.580. The molecule has 1 heterocycles. The molecule has 0 radical (unpaired) electrons. The van der Waals surface area contributed by atoms with Crippen LogP contribution in [0.1, 0.15) is 15.4 Å². The largest absolute Gasteiger partial charge is 0.248 e. The SMILES string of the molecule is Cc1cnc(CNS(=O)(=O)CCc2ccccc2)s1. The second-order valence-electron chi connectivity index (χ2n) is 4.24. The molecule has 1 aromatic heterocycles. The Labute approximate surface area is 117 Å². The Kier molecular flexibility index (Phi) is 4.68. The van der Waals surface area contributed by atoms with Crippen LogP contribution in [0, 0.1) is 6.92 Å². The fraction of sp³-hybridized carbons (Fsp3) is 0.308. The summed E-state index contributed by atoms with van der Waals surface area (Å²) < 4.78 is 26.3. The van der Waals surface area contributed by atoms with E-state index in [0.29, 0.717) is 6.42 Å². The molecule has 0 saturated carbocycles. The van der Waals surface area contributed by atoms with E-state index < -0.39 is 10.0 Å². The molecule has 0 unspecified atom stereocenters. The molecule has 0 aliphatic carbocycles. The zero-order chi connectivity index (χ0) is 13.7. The third-order valence-electron chi connectivity index (χ3n) is 2.61. The van der Waals surface area contributed by atoms with Crippen LogP contribution in [0.5, 0.6) is 0 Å². The predicted octanol–water partition coefficient (Wildman–Crippen LogP) is 2.11. The molecule has 4 nitrogen and oxygen atoms in total. The number of rotatable bonds is 6. The van der Waals surface area contributed by atoms with Crippen molar-refractivity contribution in [2.45, 2.75) is 19.9 Å². The Balaban J connectivity index is 1.85. The minimum atomic E-state index is -3.25. The van der Waals surface area contributed by atoms with E-state index in [1.807, 2.05) is 37.3 Å². The van der Waals surface area contributed by atoms with Gasteiger partial charge in [0.15, 0.2) is 0 Å². The maximum Gasteiger partial charge on any atom is 0.212 e. The van der Waals surface area contributed by atoms with Gasteiger partial charge in [-0.2, -0.15) is 0 Å². The van der Waals surface area contributed by atoms with E-state index in [0.717, 1.165) is 15.4 Å².